The molecule has 9 nitrogen and oxygen atoms in total. The summed E-state index contributed by atoms with van der Waals surface area (Å²) in [6.07, 6.45) is 4.66. The van der Waals surface area contributed by atoms with E-state index in [4.69, 9.17) is 14.7 Å². The SMILES string of the molecule is C=CC(=O)N1CCN(c2nc(OCCN(C)C3CC3)nc3c2CCN(c2cccc4cccc(F)c24)C3)C[C@@H]1CC#N. The maximum atomic E-state index is 15.0. The molecule has 6 rings (SSSR count). The van der Waals surface area contributed by atoms with E-state index in [0.717, 1.165) is 34.7 Å². The van der Waals surface area contributed by atoms with Crippen LogP contribution in [0.2, 0.25) is 0 Å². The van der Waals surface area contributed by atoms with Crippen LogP contribution in [0.3, 0.4) is 0 Å². The van der Waals surface area contributed by atoms with Crippen molar-refractivity contribution in [2.45, 2.75) is 44.3 Å². The minimum Gasteiger partial charge on any atom is -0.462 e. The first kappa shape index (κ1) is 27.9. The molecule has 1 atom stereocenters. The zero-order chi connectivity index (χ0) is 29.2. The zero-order valence-corrected chi connectivity index (χ0v) is 24.0. The smallest absolute Gasteiger partial charge is 0.318 e. The number of nitrogens with zero attached hydrogens (tertiary/aromatic N) is 7. The number of ether oxygens (including phenoxy) is 1. The van der Waals surface area contributed by atoms with Gasteiger partial charge in [0.05, 0.1) is 30.8 Å². The van der Waals surface area contributed by atoms with E-state index in [-0.39, 0.29) is 24.2 Å². The predicted molar refractivity (Wildman–Crippen MR) is 160 cm³/mol. The minimum atomic E-state index is -0.268. The predicted octanol–water partition coefficient (Wildman–Crippen LogP) is 3.92. The highest BCUT2D eigenvalue weighted by molar-refractivity contribution is 5.95. The number of hydrogen-bond acceptors (Lipinski definition) is 8. The molecule has 2 aromatic carbocycles. The lowest BCUT2D eigenvalue weighted by molar-refractivity contribution is -0.128. The summed E-state index contributed by atoms with van der Waals surface area (Å²) in [6.45, 7) is 7.60. The normalized spacial score (nSPS) is 18.6. The minimum absolute atomic E-state index is 0.165. The van der Waals surface area contributed by atoms with Gasteiger partial charge in [-0.25, -0.2) is 4.39 Å². The van der Waals surface area contributed by atoms with Gasteiger partial charge in [-0.3, -0.25) is 4.79 Å². The second-order valence-electron chi connectivity index (χ2n) is 11.3. The summed E-state index contributed by atoms with van der Waals surface area (Å²) >= 11 is 0. The summed E-state index contributed by atoms with van der Waals surface area (Å²) in [6, 6.07) is 13.9. The topological polar surface area (TPSA) is 88.8 Å². The summed E-state index contributed by atoms with van der Waals surface area (Å²) in [5.41, 5.74) is 2.73. The molecule has 0 N–H and O–H groups in total. The van der Waals surface area contributed by atoms with Gasteiger partial charge in [-0.15, -0.1) is 0 Å². The van der Waals surface area contributed by atoms with Crippen molar-refractivity contribution in [2.24, 2.45) is 0 Å². The van der Waals surface area contributed by atoms with Crippen LogP contribution in [0, 0.1) is 17.1 Å². The van der Waals surface area contributed by atoms with Crippen molar-refractivity contribution in [3.63, 3.8) is 0 Å². The second-order valence-corrected chi connectivity index (χ2v) is 11.3. The van der Waals surface area contributed by atoms with Crippen LogP contribution in [0.1, 0.15) is 30.5 Å². The molecule has 0 radical (unpaired) electrons. The van der Waals surface area contributed by atoms with Crippen LogP contribution in [-0.4, -0.2) is 84.1 Å². The number of likely N-dealkylation sites (N-methyl/N-ethyl adjacent to an activating group) is 1. The van der Waals surface area contributed by atoms with Gasteiger partial charge in [-0.2, -0.15) is 15.2 Å². The summed E-state index contributed by atoms with van der Waals surface area (Å²) in [5, 5.41) is 11.0. The van der Waals surface area contributed by atoms with Crippen molar-refractivity contribution >= 4 is 28.2 Å². The van der Waals surface area contributed by atoms with E-state index in [1.807, 2.05) is 24.3 Å². The lowest BCUT2D eigenvalue weighted by atomic mass is 10.0. The Labute approximate surface area is 245 Å². The zero-order valence-electron chi connectivity index (χ0n) is 24.0. The number of fused-ring (bicyclic) bond motifs is 2. The van der Waals surface area contributed by atoms with Gasteiger partial charge in [0.15, 0.2) is 0 Å². The number of benzene rings is 2. The van der Waals surface area contributed by atoms with Crippen molar-refractivity contribution in [3.8, 4) is 12.1 Å². The van der Waals surface area contributed by atoms with Crippen molar-refractivity contribution in [1.29, 1.82) is 5.26 Å². The monoisotopic (exact) mass is 569 g/mol. The Morgan fingerprint density at radius 1 is 1.19 bits per heavy atom. The van der Waals surface area contributed by atoms with Gasteiger partial charge in [0, 0.05) is 55.4 Å². The number of piperazine rings is 1. The van der Waals surface area contributed by atoms with Gasteiger partial charge < -0.3 is 24.3 Å². The van der Waals surface area contributed by atoms with Crippen molar-refractivity contribution in [3.05, 3.63) is 66.1 Å². The third-order valence-electron chi connectivity index (χ3n) is 8.61. The number of carbonyl (C=O) groups excluding carboxylic acids is 1. The van der Waals surface area contributed by atoms with E-state index in [2.05, 4.69) is 34.4 Å². The maximum absolute atomic E-state index is 15.0. The van der Waals surface area contributed by atoms with Gasteiger partial charge in [0.25, 0.3) is 0 Å². The van der Waals surface area contributed by atoms with Crippen molar-refractivity contribution < 1.29 is 13.9 Å². The number of hydrogen-bond donors (Lipinski definition) is 0. The molecule has 42 heavy (non-hydrogen) atoms. The molecule has 3 aliphatic rings. The molecule has 2 aliphatic heterocycles. The van der Waals surface area contributed by atoms with E-state index in [0.29, 0.717) is 63.2 Å². The Hall–Kier alpha value is -4.23. The molecule has 10 heteroatoms. The van der Waals surface area contributed by atoms with Crippen LogP contribution in [0.4, 0.5) is 15.9 Å². The molecule has 0 bridgehead atoms. The molecule has 1 aliphatic carbocycles. The molecule has 2 fully saturated rings. The number of aromatic nitrogens is 2. The van der Waals surface area contributed by atoms with E-state index < -0.39 is 0 Å². The lowest BCUT2D eigenvalue weighted by Gasteiger charge is -2.42. The number of anilines is 2. The van der Waals surface area contributed by atoms with Crippen molar-refractivity contribution in [2.75, 3.05) is 56.2 Å². The molecule has 1 saturated heterocycles. The summed E-state index contributed by atoms with van der Waals surface area (Å²) in [5.74, 6) is 0.390. The largest absolute Gasteiger partial charge is 0.462 e. The third-order valence-corrected chi connectivity index (χ3v) is 8.61. The van der Waals surface area contributed by atoms with Crippen LogP contribution in [-0.2, 0) is 17.8 Å². The Morgan fingerprint density at radius 2 is 2.00 bits per heavy atom. The van der Waals surface area contributed by atoms with Gasteiger partial charge in [-0.1, -0.05) is 30.8 Å². The number of rotatable bonds is 9. The molecule has 218 valence electrons. The number of carbonyl (C=O) groups is 1. The number of amides is 1. The van der Waals surface area contributed by atoms with Crippen LogP contribution in [0.15, 0.2) is 49.1 Å². The van der Waals surface area contributed by atoms with E-state index in [1.54, 1.807) is 11.0 Å². The van der Waals surface area contributed by atoms with Gasteiger partial charge in [0.1, 0.15) is 18.2 Å². The summed E-state index contributed by atoms with van der Waals surface area (Å²) in [4.78, 5) is 30.6. The quantitative estimate of drug-likeness (QED) is 0.359. The van der Waals surface area contributed by atoms with E-state index >= 15 is 4.39 Å². The first-order valence-electron chi connectivity index (χ1n) is 14.7. The average molecular weight is 570 g/mol. The molecule has 3 aromatic rings. The lowest BCUT2D eigenvalue weighted by Crippen LogP contribution is -2.55. The van der Waals surface area contributed by atoms with Gasteiger partial charge >= 0.3 is 6.01 Å². The Morgan fingerprint density at radius 3 is 2.76 bits per heavy atom. The molecule has 0 unspecified atom stereocenters. The standard InChI is InChI=1S/C32H36FN7O2/c1-3-29(41)40-17-16-39(20-24(40)12-14-34)31-25-13-15-38(28-9-5-7-22-6-4-8-26(33)30(22)28)21-27(25)35-32(36-31)42-19-18-37(2)23-10-11-23/h3-9,23-24H,1,10-13,15-21H2,2H3/t24-/m0/s1. The molecule has 1 aromatic heterocycles. The maximum Gasteiger partial charge on any atom is 0.318 e. The molecular weight excluding hydrogens is 533 g/mol. The summed E-state index contributed by atoms with van der Waals surface area (Å²) in [7, 11) is 2.11. The average Bonchev–Trinajstić information content (AvgIpc) is 3.86. The number of halogens is 1. The van der Waals surface area contributed by atoms with E-state index in [1.165, 1.54) is 25.0 Å². The fraction of sp³-hybridized carbons (Fsp3) is 0.438. The fourth-order valence-corrected chi connectivity index (χ4v) is 6.17. The molecule has 1 amide bonds. The first-order chi connectivity index (χ1) is 20.5. The Balaban J connectivity index is 1.31. The van der Waals surface area contributed by atoms with Crippen LogP contribution in [0.5, 0.6) is 6.01 Å². The van der Waals surface area contributed by atoms with Crippen LogP contribution in [0.25, 0.3) is 10.8 Å². The highest BCUT2D eigenvalue weighted by atomic mass is 19.1. The third kappa shape index (κ3) is 5.61. The Bertz CT molecular complexity index is 1530. The van der Waals surface area contributed by atoms with E-state index in [9.17, 15) is 10.1 Å². The second kappa shape index (κ2) is 11.9. The Kier molecular flexibility index (Phi) is 7.94. The highest BCUT2D eigenvalue weighted by Crippen LogP contribution is 2.35. The first-order valence-corrected chi connectivity index (χ1v) is 14.7. The van der Waals surface area contributed by atoms with Crippen molar-refractivity contribution in [1.82, 2.24) is 19.8 Å². The highest BCUT2D eigenvalue weighted by Gasteiger charge is 2.33. The number of nitriles is 1. The fourth-order valence-electron chi connectivity index (χ4n) is 6.17. The molecule has 3 heterocycles. The molecule has 1 saturated carbocycles. The molecule has 0 spiro atoms. The van der Waals surface area contributed by atoms with Crippen LogP contribution < -0.4 is 14.5 Å². The van der Waals surface area contributed by atoms with Gasteiger partial charge in [-0.05, 0) is 49.9 Å². The molecular formula is C32H36FN7O2. The summed E-state index contributed by atoms with van der Waals surface area (Å²) < 4.78 is 21.1. The van der Waals surface area contributed by atoms with Crippen LogP contribution >= 0.6 is 0 Å². The van der Waals surface area contributed by atoms with Gasteiger partial charge in [0.2, 0.25) is 5.91 Å².